The van der Waals surface area contributed by atoms with Crippen molar-refractivity contribution in [3.63, 3.8) is 0 Å². The van der Waals surface area contributed by atoms with Crippen LogP contribution < -0.4 is 5.73 Å². The van der Waals surface area contributed by atoms with Gasteiger partial charge in [0.1, 0.15) is 0 Å². The molecule has 1 heterocycles. The van der Waals surface area contributed by atoms with Crippen molar-refractivity contribution in [3.05, 3.63) is 22.7 Å². The van der Waals surface area contributed by atoms with Gasteiger partial charge in [-0.2, -0.15) is 0 Å². The van der Waals surface area contributed by atoms with Gasteiger partial charge in [0.2, 0.25) is 0 Å². The minimum Gasteiger partial charge on any atom is -0.325 e. The highest BCUT2D eigenvalue weighted by molar-refractivity contribution is 6.30. The first kappa shape index (κ1) is 9.42. The van der Waals surface area contributed by atoms with E-state index in [0.29, 0.717) is 11.7 Å². The summed E-state index contributed by atoms with van der Waals surface area (Å²) < 4.78 is 0. The van der Waals surface area contributed by atoms with Crippen molar-refractivity contribution >= 4 is 11.6 Å². The lowest BCUT2D eigenvalue weighted by Crippen LogP contribution is -2.05. The molecule has 0 aliphatic heterocycles. The predicted octanol–water partition coefficient (Wildman–Crippen LogP) is 1.71. The summed E-state index contributed by atoms with van der Waals surface area (Å²) in [6.07, 6.45) is 1.61. The van der Waals surface area contributed by atoms with E-state index in [-0.39, 0.29) is 5.92 Å². The summed E-state index contributed by atoms with van der Waals surface area (Å²) in [4.78, 5) is 8.26. The van der Waals surface area contributed by atoms with E-state index in [1.165, 1.54) is 0 Å². The smallest absolute Gasteiger partial charge is 0.150 e. The van der Waals surface area contributed by atoms with Gasteiger partial charge in [-0.1, -0.05) is 25.4 Å². The van der Waals surface area contributed by atoms with Gasteiger partial charge in [-0.3, -0.25) is 4.98 Å². The lowest BCUT2D eigenvalue weighted by atomic mass is 10.1. The molecule has 0 bridgehead atoms. The van der Waals surface area contributed by atoms with Crippen LogP contribution in [-0.4, -0.2) is 9.97 Å². The van der Waals surface area contributed by atoms with E-state index in [0.717, 1.165) is 11.4 Å². The third-order valence-electron chi connectivity index (χ3n) is 1.56. The molecule has 0 radical (unpaired) electrons. The van der Waals surface area contributed by atoms with Crippen LogP contribution in [-0.2, 0) is 6.54 Å². The Morgan fingerprint density at radius 2 is 2.25 bits per heavy atom. The van der Waals surface area contributed by atoms with E-state index in [9.17, 15) is 0 Å². The SMILES string of the molecule is CC(C)c1nc(CN)cnc1Cl. The van der Waals surface area contributed by atoms with Crippen LogP contribution in [0.25, 0.3) is 0 Å². The van der Waals surface area contributed by atoms with Crippen molar-refractivity contribution < 1.29 is 0 Å². The zero-order valence-corrected chi connectivity index (χ0v) is 7.97. The minimum atomic E-state index is 0.288. The maximum Gasteiger partial charge on any atom is 0.150 e. The molecule has 2 N–H and O–H groups in total. The van der Waals surface area contributed by atoms with Crippen molar-refractivity contribution in [2.24, 2.45) is 5.73 Å². The highest BCUT2D eigenvalue weighted by atomic mass is 35.5. The Bertz CT molecular complexity index is 273. The summed E-state index contributed by atoms with van der Waals surface area (Å²) in [6, 6.07) is 0. The Hall–Kier alpha value is -0.670. The molecule has 1 aromatic rings. The molecule has 0 unspecified atom stereocenters. The molecule has 0 aliphatic rings. The summed E-state index contributed by atoms with van der Waals surface area (Å²) in [5.74, 6) is 0.288. The molecule has 0 atom stereocenters. The summed E-state index contributed by atoms with van der Waals surface area (Å²) in [7, 11) is 0. The van der Waals surface area contributed by atoms with E-state index in [4.69, 9.17) is 17.3 Å². The maximum atomic E-state index is 5.83. The van der Waals surface area contributed by atoms with Crippen LogP contribution in [0.4, 0.5) is 0 Å². The summed E-state index contributed by atoms with van der Waals surface area (Å²) in [6.45, 7) is 4.45. The monoisotopic (exact) mass is 185 g/mol. The fourth-order valence-electron chi connectivity index (χ4n) is 0.893. The second-order valence-electron chi connectivity index (χ2n) is 2.90. The van der Waals surface area contributed by atoms with Gasteiger partial charge in [0.25, 0.3) is 0 Å². The molecule has 0 saturated heterocycles. The summed E-state index contributed by atoms with van der Waals surface area (Å²) >= 11 is 5.83. The van der Waals surface area contributed by atoms with Crippen molar-refractivity contribution in [1.29, 1.82) is 0 Å². The van der Waals surface area contributed by atoms with Gasteiger partial charge >= 0.3 is 0 Å². The number of nitrogens with zero attached hydrogens (tertiary/aromatic N) is 2. The molecule has 4 heteroatoms. The van der Waals surface area contributed by atoms with E-state index < -0.39 is 0 Å². The topological polar surface area (TPSA) is 51.8 Å². The molecule has 3 nitrogen and oxygen atoms in total. The lowest BCUT2D eigenvalue weighted by molar-refractivity contribution is 0.790. The van der Waals surface area contributed by atoms with Crippen LogP contribution in [0.15, 0.2) is 6.20 Å². The van der Waals surface area contributed by atoms with Crippen LogP contribution >= 0.6 is 11.6 Å². The highest BCUT2D eigenvalue weighted by Gasteiger charge is 2.08. The number of nitrogens with two attached hydrogens (primary N) is 1. The molecule has 12 heavy (non-hydrogen) atoms. The fraction of sp³-hybridized carbons (Fsp3) is 0.500. The van der Waals surface area contributed by atoms with Gasteiger partial charge in [-0.05, 0) is 5.92 Å². The fourth-order valence-corrected chi connectivity index (χ4v) is 1.20. The average molecular weight is 186 g/mol. The maximum absolute atomic E-state index is 5.83. The third-order valence-corrected chi connectivity index (χ3v) is 1.85. The number of halogens is 1. The van der Waals surface area contributed by atoms with E-state index in [1.54, 1.807) is 6.20 Å². The van der Waals surface area contributed by atoms with E-state index >= 15 is 0 Å². The predicted molar refractivity (Wildman–Crippen MR) is 49.0 cm³/mol. The van der Waals surface area contributed by atoms with Gasteiger partial charge in [0, 0.05) is 6.54 Å². The molecule has 0 amide bonds. The molecule has 1 rings (SSSR count). The molecule has 0 aliphatic carbocycles. The first-order valence-electron chi connectivity index (χ1n) is 3.86. The van der Waals surface area contributed by atoms with Crippen LogP contribution in [0.2, 0.25) is 5.15 Å². The van der Waals surface area contributed by atoms with E-state index in [1.807, 2.05) is 13.8 Å². The van der Waals surface area contributed by atoms with Gasteiger partial charge in [-0.15, -0.1) is 0 Å². The molecule has 0 fully saturated rings. The third kappa shape index (κ3) is 1.93. The molecule has 66 valence electrons. The molecular weight excluding hydrogens is 174 g/mol. The van der Waals surface area contributed by atoms with Crippen molar-refractivity contribution in [2.75, 3.05) is 0 Å². The second kappa shape index (κ2) is 3.83. The average Bonchev–Trinajstić information content (AvgIpc) is 2.05. The second-order valence-corrected chi connectivity index (χ2v) is 3.25. The van der Waals surface area contributed by atoms with E-state index in [2.05, 4.69) is 9.97 Å². The standard InChI is InChI=1S/C8H12ClN3/c1-5(2)7-8(9)11-4-6(3-10)12-7/h4-5H,3,10H2,1-2H3. The lowest BCUT2D eigenvalue weighted by Gasteiger charge is -2.06. The number of hydrogen-bond acceptors (Lipinski definition) is 3. The zero-order valence-electron chi connectivity index (χ0n) is 7.21. The Labute approximate surface area is 77.0 Å². The Morgan fingerprint density at radius 1 is 1.58 bits per heavy atom. The molecule has 0 spiro atoms. The van der Waals surface area contributed by atoms with Crippen LogP contribution in [0.3, 0.4) is 0 Å². The van der Waals surface area contributed by atoms with Crippen LogP contribution in [0.1, 0.15) is 31.2 Å². The molecule has 1 aromatic heterocycles. The first-order chi connectivity index (χ1) is 5.65. The zero-order chi connectivity index (χ0) is 9.14. The van der Waals surface area contributed by atoms with Crippen LogP contribution in [0.5, 0.6) is 0 Å². The minimum absolute atomic E-state index is 0.288. The number of hydrogen-bond donors (Lipinski definition) is 1. The van der Waals surface area contributed by atoms with Gasteiger partial charge < -0.3 is 5.73 Å². The first-order valence-corrected chi connectivity index (χ1v) is 4.24. The Balaban J connectivity index is 3.08. The number of aromatic nitrogens is 2. The molecule has 0 aromatic carbocycles. The van der Waals surface area contributed by atoms with Gasteiger partial charge in [-0.25, -0.2) is 4.98 Å². The van der Waals surface area contributed by atoms with Gasteiger partial charge in [0.05, 0.1) is 17.6 Å². The largest absolute Gasteiger partial charge is 0.325 e. The van der Waals surface area contributed by atoms with Crippen molar-refractivity contribution in [1.82, 2.24) is 9.97 Å². The van der Waals surface area contributed by atoms with Crippen molar-refractivity contribution in [3.8, 4) is 0 Å². The number of rotatable bonds is 2. The quantitative estimate of drug-likeness (QED) is 0.763. The van der Waals surface area contributed by atoms with Gasteiger partial charge in [0.15, 0.2) is 5.15 Å². The Morgan fingerprint density at radius 3 is 2.75 bits per heavy atom. The normalized spacial score (nSPS) is 10.8. The molecular formula is C8H12ClN3. The Kier molecular flexibility index (Phi) is 3.00. The molecule has 0 saturated carbocycles. The summed E-state index contributed by atoms with van der Waals surface area (Å²) in [5, 5.41) is 0.474. The van der Waals surface area contributed by atoms with Crippen molar-refractivity contribution in [2.45, 2.75) is 26.3 Å². The van der Waals surface area contributed by atoms with Crippen LogP contribution in [0, 0.1) is 0 Å². The highest BCUT2D eigenvalue weighted by Crippen LogP contribution is 2.19. The summed E-state index contributed by atoms with van der Waals surface area (Å²) in [5.41, 5.74) is 7.02.